The average Bonchev–Trinajstić information content (AvgIpc) is 2.68. The van der Waals surface area contributed by atoms with Gasteiger partial charge in [-0.15, -0.1) is 0 Å². The van der Waals surface area contributed by atoms with Crippen LogP contribution in [0, 0.1) is 0 Å². The highest BCUT2D eigenvalue weighted by molar-refractivity contribution is 6.43. The molecule has 0 aliphatic carbocycles. The summed E-state index contributed by atoms with van der Waals surface area (Å²) < 4.78 is 0. The molecule has 0 radical (unpaired) electrons. The number of H-pyrrole nitrogens is 1. The summed E-state index contributed by atoms with van der Waals surface area (Å²) in [5.41, 5.74) is 2.29. The SMILES string of the molecule is Oc1ccc(-c2cc(C(Cl)Cl)[nH]n2)cc1. The minimum absolute atomic E-state index is 0.224. The van der Waals surface area contributed by atoms with E-state index >= 15 is 0 Å². The van der Waals surface area contributed by atoms with Gasteiger partial charge in [-0.25, -0.2) is 0 Å². The third-order valence-corrected chi connectivity index (χ3v) is 2.47. The second-order valence-electron chi connectivity index (χ2n) is 3.06. The maximum atomic E-state index is 9.13. The molecule has 15 heavy (non-hydrogen) atoms. The summed E-state index contributed by atoms with van der Waals surface area (Å²) >= 11 is 11.4. The summed E-state index contributed by atoms with van der Waals surface area (Å²) in [4.78, 5) is -0.608. The Hall–Kier alpha value is -1.19. The van der Waals surface area contributed by atoms with Crippen LogP contribution in [0.4, 0.5) is 0 Å². The molecule has 5 heteroatoms. The van der Waals surface area contributed by atoms with Crippen molar-refractivity contribution in [2.45, 2.75) is 4.84 Å². The Bertz CT molecular complexity index is 451. The van der Waals surface area contributed by atoms with E-state index in [1.165, 1.54) is 0 Å². The van der Waals surface area contributed by atoms with Crippen LogP contribution < -0.4 is 0 Å². The van der Waals surface area contributed by atoms with Gasteiger partial charge >= 0.3 is 0 Å². The Morgan fingerprint density at radius 1 is 1.20 bits per heavy atom. The number of aromatic amines is 1. The van der Waals surface area contributed by atoms with E-state index < -0.39 is 4.84 Å². The van der Waals surface area contributed by atoms with Crippen LogP contribution in [0.1, 0.15) is 10.5 Å². The topological polar surface area (TPSA) is 48.9 Å². The number of nitrogens with zero attached hydrogens (tertiary/aromatic N) is 1. The van der Waals surface area contributed by atoms with E-state index in [4.69, 9.17) is 28.3 Å². The van der Waals surface area contributed by atoms with Gasteiger partial charge in [0.15, 0.2) is 0 Å². The Morgan fingerprint density at radius 2 is 1.87 bits per heavy atom. The summed E-state index contributed by atoms with van der Waals surface area (Å²) in [6.45, 7) is 0. The zero-order valence-electron chi connectivity index (χ0n) is 7.61. The summed E-state index contributed by atoms with van der Waals surface area (Å²) in [6, 6.07) is 8.52. The first kappa shape index (κ1) is 10.3. The molecule has 0 atom stereocenters. The molecule has 2 N–H and O–H groups in total. The summed E-state index contributed by atoms with van der Waals surface area (Å²) in [7, 11) is 0. The molecule has 78 valence electrons. The lowest BCUT2D eigenvalue weighted by atomic mass is 10.1. The quantitative estimate of drug-likeness (QED) is 0.795. The van der Waals surface area contributed by atoms with Gasteiger partial charge in [0.05, 0.1) is 11.4 Å². The van der Waals surface area contributed by atoms with E-state index in [1.807, 2.05) is 0 Å². The Kier molecular flexibility index (Phi) is 2.84. The van der Waals surface area contributed by atoms with Crippen LogP contribution >= 0.6 is 23.2 Å². The fourth-order valence-corrected chi connectivity index (χ4v) is 1.45. The number of alkyl halides is 2. The van der Waals surface area contributed by atoms with E-state index in [1.54, 1.807) is 30.3 Å². The Balaban J connectivity index is 2.33. The summed E-state index contributed by atoms with van der Waals surface area (Å²) in [5.74, 6) is 0.224. The number of aromatic nitrogens is 2. The monoisotopic (exact) mass is 242 g/mol. The van der Waals surface area contributed by atoms with Crippen LogP contribution in [0.15, 0.2) is 30.3 Å². The number of hydrogen-bond donors (Lipinski definition) is 2. The van der Waals surface area contributed by atoms with Crippen molar-refractivity contribution in [2.75, 3.05) is 0 Å². The largest absolute Gasteiger partial charge is 0.508 e. The third kappa shape index (κ3) is 2.25. The molecule has 0 fully saturated rings. The van der Waals surface area contributed by atoms with Gasteiger partial charge in [-0.2, -0.15) is 5.10 Å². The normalized spacial score (nSPS) is 10.9. The number of phenols is 1. The number of benzene rings is 1. The molecule has 0 bridgehead atoms. The van der Waals surface area contributed by atoms with Crippen molar-refractivity contribution in [2.24, 2.45) is 0 Å². The van der Waals surface area contributed by atoms with Gasteiger partial charge in [0.1, 0.15) is 10.6 Å². The Morgan fingerprint density at radius 3 is 2.40 bits per heavy atom. The van der Waals surface area contributed by atoms with Crippen molar-refractivity contribution in [1.82, 2.24) is 10.2 Å². The second kappa shape index (κ2) is 4.13. The molecular formula is C10H8Cl2N2O. The number of nitrogens with one attached hydrogen (secondary N) is 1. The minimum atomic E-state index is -0.608. The number of aromatic hydroxyl groups is 1. The molecule has 1 aromatic carbocycles. The fraction of sp³-hybridized carbons (Fsp3) is 0.100. The first-order chi connectivity index (χ1) is 7.16. The molecule has 0 aliphatic heterocycles. The van der Waals surface area contributed by atoms with Crippen molar-refractivity contribution in [3.63, 3.8) is 0 Å². The fourth-order valence-electron chi connectivity index (χ4n) is 1.23. The zero-order chi connectivity index (χ0) is 10.8. The van der Waals surface area contributed by atoms with Crippen molar-refractivity contribution < 1.29 is 5.11 Å². The molecule has 0 unspecified atom stereocenters. The maximum absolute atomic E-state index is 9.13. The molecule has 0 saturated heterocycles. The number of hydrogen-bond acceptors (Lipinski definition) is 2. The molecule has 0 spiro atoms. The van der Waals surface area contributed by atoms with E-state index in [0.717, 1.165) is 11.3 Å². The van der Waals surface area contributed by atoms with Crippen molar-refractivity contribution in [3.05, 3.63) is 36.0 Å². The lowest BCUT2D eigenvalue weighted by molar-refractivity contribution is 0.475. The molecule has 0 aliphatic rings. The first-order valence-corrected chi connectivity index (χ1v) is 5.17. The maximum Gasteiger partial charge on any atom is 0.149 e. The Labute approximate surface area is 96.7 Å². The van der Waals surface area contributed by atoms with Gasteiger partial charge in [0, 0.05) is 5.56 Å². The highest BCUT2D eigenvalue weighted by Gasteiger charge is 2.08. The van der Waals surface area contributed by atoms with Crippen LogP contribution in [0.5, 0.6) is 5.75 Å². The average molecular weight is 243 g/mol. The van der Waals surface area contributed by atoms with Crippen LogP contribution in [0.2, 0.25) is 0 Å². The standard InChI is InChI=1S/C10H8Cl2N2O/c11-10(12)9-5-8(13-14-9)6-1-3-7(15)4-2-6/h1-5,10,15H,(H,13,14). The zero-order valence-corrected chi connectivity index (χ0v) is 9.13. The second-order valence-corrected chi connectivity index (χ2v) is 4.15. The molecule has 2 rings (SSSR count). The predicted molar refractivity (Wildman–Crippen MR) is 60.1 cm³/mol. The highest BCUT2D eigenvalue weighted by Crippen LogP contribution is 2.27. The molecular weight excluding hydrogens is 235 g/mol. The van der Waals surface area contributed by atoms with Crippen LogP contribution in [0.3, 0.4) is 0 Å². The smallest absolute Gasteiger partial charge is 0.149 e. The lowest BCUT2D eigenvalue weighted by Crippen LogP contribution is -1.79. The lowest BCUT2D eigenvalue weighted by Gasteiger charge is -1.95. The van der Waals surface area contributed by atoms with E-state index in [9.17, 15) is 0 Å². The van der Waals surface area contributed by atoms with Crippen LogP contribution in [-0.4, -0.2) is 15.3 Å². The van der Waals surface area contributed by atoms with Gasteiger partial charge in [-0.1, -0.05) is 23.2 Å². The van der Waals surface area contributed by atoms with Gasteiger partial charge in [-0.3, -0.25) is 5.10 Å². The molecule has 1 heterocycles. The van der Waals surface area contributed by atoms with Crippen molar-refractivity contribution in [1.29, 1.82) is 0 Å². The van der Waals surface area contributed by atoms with E-state index in [0.29, 0.717) is 5.69 Å². The summed E-state index contributed by atoms with van der Waals surface area (Å²) in [5, 5.41) is 15.9. The van der Waals surface area contributed by atoms with Gasteiger partial charge in [-0.05, 0) is 30.3 Å². The molecule has 3 nitrogen and oxygen atoms in total. The van der Waals surface area contributed by atoms with E-state index in [-0.39, 0.29) is 5.75 Å². The molecule has 1 aromatic heterocycles. The number of phenolic OH excluding ortho intramolecular Hbond substituents is 1. The summed E-state index contributed by atoms with van der Waals surface area (Å²) in [6.07, 6.45) is 0. The molecule has 0 amide bonds. The van der Waals surface area contributed by atoms with Gasteiger partial charge in [0.25, 0.3) is 0 Å². The van der Waals surface area contributed by atoms with Gasteiger partial charge < -0.3 is 5.11 Å². The van der Waals surface area contributed by atoms with Crippen LogP contribution in [0.25, 0.3) is 11.3 Å². The number of rotatable bonds is 2. The highest BCUT2D eigenvalue weighted by atomic mass is 35.5. The third-order valence-electron chi connectivity index (χ3n) is 2.00. The molecule has 2 aromatic rings. The predicted octanol–water partition coefficient (Wildman–Crippen LogP) is 3.26. The van der Waals surface area contributed by atoms with E-state index in [2.05, 4.69) is 10.2 Å². The van der Waals surface area contributed by atoms with Crippen LogP contribution in [-0.2, 0) is 0 Å². The molecule has 0 saturated carbocycles. The van der Waals surface area contributed by atoms with Crippen molar-refractivity contribution in [3.8, 4) is 17.0 Å². The van der Waals surface area contributed by atoms with Crippen molar-refractivity contribution >= 4 is 23.2 Å². The number of halogens is 2. The minimum Gasteiger partial charge on any atom is -0.508 e. The first-order valence-electron chi connectivity index (χ1n) is 4.29. The van der Waals surface area contributed by atoms with Gasteiger partial charge in [0.2, 0.25) is 0 Å².